The normalized spacial score (nSPS) is 26.1. The number of hydrogen-bond acceptors (Lipinski definition) is 2. The molecule has 1 aliphatic heterocycles. The lowest BCUT2D eigenvalue weighted by Gasteiger charge is -2.35. The molecule has 3 heteroatoms. The van der Waals surface area contributed by atoms with Gasteiger partial charge < -0.3 is 4.90 Å². The molecule has 1 saturated carbocycles. The number of carbonyl (C=O) groups is 1. The van der Waals surface area contributed by atoms with Gasteiger partial charge in [-0.05, 0) is 37.1 Å². The summed E-state index contributed by atoms with van der Waals surface area (Å²) in [6.07, 6.45) is 12.6. The van der Waals surface area contributed by atoms with E-state index < -0.39 is 0 Å². The van der Waals surface area contributed by atoms with Crippen LogP contribution < -0.4 is 0 Å². The molecule has 1 heterocycles. The van der Waals surface area contributed by atoms with Gasteiger partial charge in [0.15, 0.2) is 0 Å². The lowest BCUT2D eigenvalue weighted by Crippen LogP contribution is -2.49. The fourth-order valence-electron chi connectivity index (χ4n) is 4.26. The molecule has 3 nitrogen and oxygen atoms in total. The standard InChI is InChI=1S/C22H38N2O/c1-5-8-9-10-11-13-23-14-16-24(17-15-23)21(25)19-18-20(19)22(4,7-3)12-6-2/h6-7,19-20H,2-3,5,8-18H2,1,4H3/t19-,20-,22?/m1/s1. The zero-order valence-electron chi connectivity index (χ0n) is 16.5. The first kappa shape index (κ1) is 20.2. The first-order chi connectivity index (χ1) is 12.1. The van der Waals surface area contributed by atoms with Crippen molar-refractivity contribution in [2.24, 2.45) is 17.3 Å². The van der Waals surface area contributed by atoms with Crippen LogP contribution in [0, 0.1) is 17.3 Å². The molecule has 2 fully saturated rings. The Morgan fingerprint density at radius 2 is 1.80 bits per heavy atom. The Labute approximate surface area is 155 Å². The van der Waals surface area contributed by atoms with Crippen molar-refractivity contribution in [3.8, 4) is 0 Å². The van der Waals surface area contributed by atoms with Gasteiger partial charge in [0.25, 0.3) is 0 Å². The molecular formula is C22H38N2O. The fourth-order valence-corrected chi connectivity index (χ4v) is 4.26. The van der Waals surface area contributed by atoms with Crippen molar-refractivity contribution in [2.45, 2.75) is 58.8 Å². The van der Waals surface area contributed by atoms with Crippen LogP contribution in [-0.2, 0) is 4.79 Å². The van der Waals surface area contributed by atoms with Crippen LogP contribution in [0.25, 0.3) is 0 Å². The van der Waals surface area contributed by atoms with Crippen LogP contribution in [0.4, 0.5) is 0 Å². The molecule has 0 N–H and O–H groups in total. The zero-order valence-corrected chi connectivity index (χ0v) is 16.5. The number of unbranched alkanes of at least 4 members (excludes halogenated alkanes) is 4. The first-order valence-corrected chi connectivity index (χ1v) is 10.3. The molecule has 142 valence electrons. The van der Waals surface area contributed by atoms with Gasteiger partial charge in [0.05, 0.1) is 0 Å². The zero-order chi connectivity index (χ0) is 18.3. The molecular weight excluding hydrogens is 308 g/mol. The quantitative estimate of drug-likeness (QED) is 0.406. The second-order valence-corrected chi connectivity index (χ2v) is 8.23. The summed E-state index contributed by atoms with van der Waals surface area (Å²) >= 11 is 0. The van der Waals surface area contributed by atoms with Gasteiger partial charge in [-0.2, -0.15) is 0 Å². The highest BCUT2D eigenvalue weighted by atomic mass is 16.2. The van der Waals surface area contributed by atoms with E-state index in [-0.39, 0.29) is 11.3 Å². The summed E-state index contributed by atoms with van der Waals surface area (Å²) in [7, 11) is 0. The van der Waals surface area contributed by atoms with Gasteiger partial charge in [-0.3, -0.25) is 9.69 Å². The van der Waals surface area contributed by atoms with E-state index >= 15 is 0 Å². The summed E-state index contributed by atoms with van der Waals surface area (Å²) in [4.78, 5) is 17.5. The maximum Gasteiger partial charge on any atom is 0.226 e. The summed E-state index contributed by atoms with van der Waals surface area (Å²) in [5, 5.41) is 0. The Balaban J connectivity index is 1.70. The van der Waals surface area contributed by atoms with Gasteiger partial charge >= 0.3 is 0 Å². The number of amides is 1. The molecule has 0 aromatic rings. The third-order valence-electron chi connectivity index (χ3n) is 6.27. The summed E-state index contributed by atoms with van der Waals surface area (Å²) < 4.78 is 0. The van der Waals surface area contributed by atoms with E-state index in [1.807, 2.05) is 12.2 Å². The Hall–Kier alpha value is -1.09. The monoisotopic (exact) mass is 346 g/mol. The largest absolute Gasteiger partial charge is 0.340 e. The van der Waals surface area contributed by atoms with Crippen LogP contribution in [0.3, 0.4) is 0 Å². The van der Waals surface area contributed by atoms with Crippen LogP contribution >= 0.6 is 0 Å². The third kappa shape index (κ3) is 5.44. The van der Waals surface area contributed by atoms with Gasteiger partial charge in [-0.15, -0.1) is 13.2 Å². The molecule has 0 aromatic heterocycles. The minimum absolute atomic E-state index is 0.0301. The molecule has 1 aliphatic carbocycles. The molecule has 0 radical (unpaired) electrons. The number of allylic oxidation sites excluding steroid dienone is 2. The van der Waals surface area contributed by atoms with Crippen LogP contribution in [-0.4, -0.2) is 48.4 Å². The predicted octanol–water partition coefficient (Wildman–Crippen LogP) is 4.51. The highest BCUT2D eigenvalue weighted by molar-refractivity contribution is 5.82. The lowest BCUT2D eigenvalue weighted by atomic mass is 9.80. The summed E-state index contributed by atoms with van der Waals surface area (Å²) in [6.45, 7) is 17.4. The molecule has 2 rings (SSSR count). The molecule has 0 bridgehead atoms. The van der Waals surface area contributed by atoms with Gasteiger partial charge in [0, 0.05) is 32.1 Å². The Morgan fingerprint density at radius 1 is 1.12 bits per heavy atom. The fraction of sp³-hybridized carbons (Fsp3) is 0.773. The topological polar surface area (TPSA) is 23.6 Å². The van der Waals surface area contributed by atoms with Crippen LogP contribution in [0.2, 0.25) is 0 Å². The van der Waals surface area contributed by atoms with E-state index in [1.54, 1.807) is 0 Å². The summed E-state index contributed by atoms with van der Waals surface area (Å²) in [5.74, 6) is 1.04. The van der Waals surface area contributed by atoms with E-state index in [0.29, 0.717) is 11.8 Å². The molecule has 3 atom stereocenters. The van der Waals surface area contributed by atoms with Crippen molar-refractivity contribution in [1.29, 1.82) is 0 Å². The molecule has 0 spiro atoms. The average Bonchev–Trinajstić information content (AvgIpc) is 3.43. The van der Waals surface area contributed by atoms with E-state index in [4.69, 9.17) is 0 Å². The number of rotatable bonds is 11. The third-order valence-corrected chi connectivity index (χ3v) is 6.27. The van der Waals surface area contributed by atoms with Gasteiger partial charge in [0.1, 0.15) is 0 Å². The average molecular weight is 347 g/mol. The second kappa shape index (κ2) is 9.56. The van der Waals surface area contributed by atoms with Crippen molar-refractivity contribution in [1.82, 2.24) is 9.80 Å². The van der Waals surface area contributed by atoms with E-state index in [2.05, 4.69) is 36.8 Å². The number of nitrogens with zero attached hydrogens (tertiary/aromatic N) is 2. The number of piperazine rings is 1. The Morgan fingerprint density at radius 3 is 2.40 bits per heavy atom. The lowest BCUT2D eigenvalue weighted by molar-refractivity contribution is -0.135. The maximum absolute atomic E-state index is 12.8. The van der Waals surface area contributed by atoms with Gasteiger partial charge in [0.2, 0.25) is 5.91 Å². The van der Waals surface area contributed by atoms with Crippen molar-refractivity contribution >= 4 is 5.91 Å². The molecule has 1 amide bonds. The minimum atomic E-state index is 0.0301. The highest BCUT2D eigenvalue weighted by Gasteiger charge is 2.52. The summed E-state index contributed by atoms with van der Waals surface area (Å²) in [5.41, 5.74) is 0.0301. The first-order valence-electron chi connectivity index (χ1n) is 10.3. The van der Waals surface area contributed by atoms with Crippen molar-refractivity contribution in [3.05, 3.63) is 25.3 Å². The molecule has 0 aromatic carbocycles. The summed E-state index contributed by atoms with van der Waals surface area (Å²) in [6, 6.07) is 0. The van der Waals surface area contributed by atoms with Gasteiger partial charge in [-0.25, -0.2) is 0 Å². The molecule has 1 unspecified atom stereocenters. The van der Waals surface area contributed by atoms with Crippen LogP contribution in [0.1, 0.15) is 58.8 Å². The Bertz CT molecular complexity index is 453. The molecule has 2 aliphatic rings. The van der Waals surface area contributed by atoms with Crippen molar-refractivity contribution in [3.63, 3.8) is 0 Å². The maximum atomic E-state index is 12.8. The Kier molecular flexibility index (Phi) is 7.74. The molecule has 1 saturated heterocycles. The number of hydrogen-bond donors (Lipinski definition) is 0. The van der Waals surface area contributed by atoms with E-state index in [0.717, 1.165) is 39.0 Å². The minimum Gasteiger partial charge on any atom is -0.340 e. The smallest absolute Gasteiger partial charge is 0.226 e. The van der Waals surface area contributed by atoms with Crippen molar-refractivity contribution in [2.75, 3.05) is 32.7 Å². The van der Waals surface area contributed by atoms with E-state index in [1.165, 1.54) is 38.6 Å². The second-order valence-electron chi connectivity index (χ2n) is 8.23. The number of carbonyl (C=O) groups excluding carboxylic acids is 1. The van der Waals surface area contributed by atoms with Crippen LogP contribution in [0.5, 0.6) is 0 Å². The van der Waals surface area contributed by atoms with Gasteiger partial charge in [-0.1, -0.05) is 51.7 Å². The van der Waals surface area contributed by atoms with Crippen LogP contribution in [0.15, 0.2) is 25.3 Å². The molecule has 25 heavy (non-hydrogen) atoms. The van der Waals surface area contributed by atoms with E-state index in [9.17, 15) is 4.79 Å². The van der Waals surface area contributed by atoms with Crippen molar-refractivity contribution < 1.29 is 4.79 Å². The SMILES string of the molecule is C=CCC(C)(C=C)[C@@H]1C[C@H]1C(=O)N1CCN(CCCCCCC)CC1. The highest BCUT2D eigenvalue weighted by Crippen LogP contribution is 2.54. The predicted molar refractivity (Wildman–Crippen MR) is 106 cm³/mol.